The van der Waals surface area contributed by atoms with Crippen molar-refractivity contribution in [2.24, 2.45) is 0 Å². The van der Waals surface area contributed by atoms with Gasteiger partial charge in [-0.15, -0.1) is 23.7 Å². The molecule has 1 N–H and O–H groups in total. The van der Waals surface area contributed by atoms with Gasteiger partial charge in [0.25, 0.3) is 0 Å². The first-order valence-electron chi connectivity index (χ1n) is 7.75. The molecule has 1 saturated heterocycles. The van der Waals surface area contributed by atoms with Crippen LogP contribution in [0.3, 0.4) is 0 Å². The summed E-state index contributed by atoms with van der Waals surface area (Å²) >= 11 is 1.79. The molecule has 2 aromatic rings. The van der Waals surface area contributed by atoms with Gasteiger partial charge in [-0.05, 0) is 54.3 Å². The van der Waals surface area contributed by atoms with Gasteiger partial charge in [-0.1, -0.05) is 12.1 Å². The number of thiophene rings is 1. The molecule has 122 valence electrons. The molecule has 1 aromatic carbocycles. The fourth-order valence-electron chi connectivity index (χ4n) is 2.89. The van der Waals surface area contributed by atoms with E-state index in [4.69, 9.17) is 4.74 Å². The number of hydrogen-bond donors (Lipinski definition) is 1. The van der Waals surface area contributed by atoms with Gasteiger partial charge in [-0.3, -0.25) is 4.90 Å². The fraction of sp³-hybridized carbons (Fsp3) is 0.529. The van der Waals surface area contributed by atoms with Gasteiger partial charge in [0, 0.05) is 17.8 Å². The Bertz CT molecular complexity index is 575. The first-order chi connectivity index (χ1) is 10.3. The van der Waals surface area contributed by atoms with E-state index in [1.807, 2.05) is 0 Å². The van der Waals surface area contributed by atoms with Crippen LogP contribution in [0.1, 0.15) is 18.4 Å². The van der Waals surface area contributed by atoms with E-state index in [-0.39, 0.29) is 18.5 Å². The number of rotatable bonds is 6. The van der Waals surface area contributed by atoms with Crippen LogP contribution in [0.15, 0.2) is 29.6 Å². The third kappa shape index (κ3) is 4.93. The standard InChI is InChI=1S/C17H23NO2S.ClH/c19-16-2-1-7-18(13-16)8-10-20-9-5-14-3-4-17-15(12-14)6-11-21-17;/h3-4,6,11-12,16,19H,1-2,5,7-10,13H2;1H. The molecular weight excluding hydrogens is 318 g/mol. The lowest BCUT2D eigenvalue weighted by Crippen LogP contribution is -2.40. The highest BCUT2D eigenvalue weighted by molar-refractivity contribution is 7.17. The van der Waals surface area contributed by atoms with Crippen LogP contribution >= 0.6 is 23.7 Å². The van der Waals surface area contributed by atoms with Crippen molar-refractivity contribution in [3.63, 3.8) is 0 Å². The van der Waals surface area contributed by atoms with Gasteiger partial charge in [0.15, 0.2) is 0 Å². The number of piperidine rings is 1. The van der Waals surface area contributed by atoms with E-state index in [0.29, 0.717) is 0 Å². The Balaban J connectivity index is 0.00000176. The van der Waals surface area contributed by atoms with Crippen LogP contribution in [0.4, 0.5) is 0 Å². The molecule has 3 nitrogen and oxygen atoms in total. The number of fused-ring (bicyclic) bond motifs is 1. The Morgan fingerprint density at radius 2 is 2.18 bits per heavy atom. The van der Waals surface area contributed by atoms with Crippen LogP contribution in [0.2, 0.25) is 0 Å². The van der Waals surface area contributed by atoms with E-state index in [9.17, 15) is 5.11 Å². The lowest BCUT2D eigenvalue weighted by atomic mass is 10.1. The second-order valence-electron chi connectivity index (χ2n) is 5.75. The quantitative estimate of drug-likeness (QED) is 0.818. The fourth-order valence-corrected chi connectivity index (χ4v) is 3.66. The zero-order valence-electron chi connectivity index (χ0n) is 12.7. The molecule has 5 heteroatoms. The summed E-state index contributed by atoms with van der Waals surface area (Å²) in [4.78, 5) is 2.30. The summed E-state index contributed by atoms with van der Waals surface area (Å²) in [5, 5.41) is 13.1. The number of β-amino-alcohol motifs (C(OH)–C–C–N with tert-alkyl or cyclic N) is 1. The van der Waals surface area contributed by atoms with Gasteiger partial charge in [-0.25, -0.2) is 0 Å². The molecule has 22 heavy (non-hydrogen) atoms. The Kier molecular flexibility index (Phi) is 7.12. The molecule has 0 aliphatic carbocycles. The molecule has 2 heterocycles. The average molecular weight is 342 g/mol. The summed E-state index contributed by atoms with van der Waals surface area (Å²) in [5.41, 5.74) is 1.34. The molecule has 0 spiro atoms. The van der Waals surface area contributed by atoms with Crippen LogP contribution < -0.4 is 0 Å². The van der Waals surface area contributed by atoms with Crippen LogP contribution in [0.5, 0.6) is 0 Å². The summed E-state index contributed by atoms with van der Waals surface area (Å²) in [7, 11) is 0. The van der Waals surface area contributed by atoms with Crippen molar-refractivity contribution in [3.8, 4) is 0 Å². The smallest absolute Gasteiger partial charge is 0.0667 e. The maximum Gasteiger partial charge on any atom is 0.0667 e. The number of hydrogen-bond acceptors (Lipinski definition) is 4. The molecule has 0 radical (unpaired) electrons. The Hall–Kier alpha value is -0.650. The molecule has 1 aromatic heterocycles. The van der Waals surface area contributed by atoms with Crippen molar-refractivity contribution in [1.29, 1.82) is 0 Å². The molecule has 0 bridgehead atoms. The van der Waals surface area contributed by atoms with Gasteiger partial charge in [0.05, 0.1) is 19.3 Å². The van der Waals surface area contributed by atoms with Crippen molar-refractivity contribution in [3.05, 3.63) is 35.2 Å². The second-order valence-corrected chi connectivity index (χ2v) is 6.70. The molecule has 0 saturated carbocycles. The summed E-state index contributed by atoms with van der Waals surface area (Å²) in [5.74, 6) is 0. The molecule has 1 atom stereocenters. The first-order valence-corrected chi connectivity index (χ1v) is 8.63. The summed E-state index contributed by atoms with van der Waals surface area (Å²) in [6.45, 7) is 4.35. The van der Waals surface area contributed by atoms with Gasteiger partial charge in [0.2, 0.25) is 0 Å². The van der Waals surface area contributed by atoms with Crippen LogP contribution in [-0.2, 0) is 11.2 Å². The van der Waals surface area contributed by atoms with Crippen molar-refractivity contribution in [1.82, 2.24) is 4.90 Å². The van der Waals surface area contributed by atoms with Crippen LogP contribution in [0.25, 0.3) is 10.1 Å². The Labute approximate surface area is 142 Å². The minimum Gasteiger partial charge on any atom is -0.392 e. The summed E-state index contributed by atoms with van der Waals surface area (Å²) in [6, 6.07) is 8.83. The SMILES string of the molecule is Cl.OC1CCCN(CCOCCc2ccc3sccc3c2)C1. The maximum atomic E-state index is 9.62. The lowest BCUT2D eigenvalue weighted by Gasteiger charge is -2.29. The number of aliphatic hydroxyl groups is 1. The molecule has 1 aliphatic rings. The molecular formula is C17H24ClNO2S. The number of halogens is 1. The predicted octanol–water partition coefficient (Wildman–Crippen LogP) is 3.34. The minimum atomic E-state index is -0.143. The molecule has 1 unspecified atom stereocenters. The van der Waals surface area contributed by atoms with E-state index in [0.717, 1.165) is 52.1 Å². The number of likely N-dealkylation sites (tertiary alicyclic amines) is 1. The zero-order valence-corrected chi connectivity index (χ0v) is 14.4. The molecule has 1 fully saturated rings. The highest BCUT2D eigenvalue weighted by atomic mass is 35.5. The average Bonchev–Trinajstić information content (AvgIpc) is 2.94. The van der Waals surface area contributed by atoms with Crippen molar-refractivity contribution in [2.45, 2.75) is 25.4 Å². The topological polar surface area (TPSA) is 32.7 Å². The normalized spacial score (nSPS) is 19.2. The summed E-state index contributed by atoms with van der Waals surface area (Å²) in [6.07, 6.45) is 2.87. The number of benzene rings is 1. The van der Waals surface area contributed by atoms with E-state index < -0.39 is 0 Å². The maximum absolute atomic E-state index is 9.62. The molecule has 1 aliphatic heterocycles. The number of nitrogens with zero attached hydrogens (tertiary/aromatic N) is 1. The predicted molar refractivity (Wildman–Crippen MR) is 95.3 cm³/mol. The largest absolute Gasteiger partial charge is 0.392 e. The zero-order chi connectivity index (χ0) is 14.5. The third-order valence-corrected chi connectivity index (χ3v) is 4.98. The highest BCUT2D eigenvalue weighted by Gasteiger charge is 2.16. The van der Waals surface area contributed by atoms with Gasteiger partial charge < -0.3 is 9.84 Å². The van der Waals surface area contributed by atoms with Crippen molar-refractivity contribution in [2.75, 3.05) is 32.8 Å². The van der Waals surface area contributed by atoms with Crippen molar-refractivity contribution < 1.29 is 9.84 Å². The van der Waals surface area contributed by atoms with Gasteiger partial charge in [-0.2, -0.15) is 0 Å². The van der Waals surface area contributed by atoms with E-state index >= 15 is 0 Å². The minimum absolute atomic E-state index is 0. The Morgan fingerprint density at radius 3 is 3.05 bits per heavy atom. The Morgan fingerprint density at radius 1 is 1.27 bits per heavy atom. The van der Waals surface area contributed by atoms with E-state index in [2.05, 4.69) is 34.5 Å². The number of ether oxygens (including phenoxy) is 1. The number of aliphatic hydroxyl groups excluding tert-OH is 1. The third-order valence-electron chi connectivity index (χ3n) is 4.08. The highest BCUT2D eigenvalue weighted by Crippen LogP contribution is 2.21. The molecule has 3 rings (SSSR count). The van der Waals surface area contributed by atoms with Gasteiger partial charge in [0.1, 0.15) is 0 Å². The van der Waals surface area contributed by atoms with Crippen LogP contribution in [0, 0.1) is 0 Å². The van der Waals surface area contributed by atoms with Crippen molar-refractivity contribution >= 4 is 33.8 Å². The van der Waals surface area contributed by atoms with E-state index in [1.54, 1.807) is 11.3 Å². The summed E-state index contributed by atoms with van der Waals surface area (Å²) < 4.78 is 7.10. The van der Waals surface area contributed by atoms with Gasteiger partial charge >= 0.3 is 0 Å². The van der Waals surface area contributed by atoms with E-state index in [1.165, 1.54) is 15.6 Å². The van der Waals surface area contributed by atoms with Crippen LogP contribution in [-0.4, -0.2) is 49.0 Å². The first kappa shape index (κ1) is 17.7. The monoisotopic (exact) mass is 341 g/mol. The molecule has 0 amide bonds. The second kappa shape index (κ2) is 8.85. The lowest BCUT2D eigenvalue weighted by molar-refractivity contribution is 0.0456.